The van der Waals surface area contributed by atoms with Gasteiger partial charge in [0.25, 0.3) is 0 Å². The van der Waals surface area contributed by atoms with E-state index in [-0.39, 0.29) is 0 Å². The van der Waals surface area contributed by atoms with E-state index in [1.165, 1.54) is 30.6 Å². The van der Waals surface area contributed by atoms with Crippen molar-refractivity contribution in [2.45, 2.75) is 59.5 Å². The van der Waals surface area contributed by atoms with E-state index in [1.807, 2.05) is 11.7 Å². The highest BCUT2D eigenvalue weighted by Crippen LogP contribution is 2.08. The van der Waals surface area contributed by atoms with Gasteiger partial charge in [-0.15, -0.1) is 0 Å². The smallest absolute Gasteiger partial charge is 0.0666 e. The third kappa shape index (κ3) is 5.63. The molecular weight excluding hydrogens is 248 g/mol. The number of nitrogens with one attached hydrogen (secondary N) is 1. The summed E-state index contributed by atoms with van der Waals surface area (Å²) in [7, 11) is 2.00. The van der Waals surface area contributed by atoms with Gasteiger partial charge in [0.1, 0.15) is 0 Å². The van der Waals surface area contributed by atoms with Gasteiger partial charge in [0.2, 0.25) is 0 Å². The molecule has 0 radical (unpaired) electrons. The number of hydrogen-bond acceptors (Lipinski definition) is 3. The fourth-order valence-electron chi connectivity index (χ4n) is 2.58. The molecule has 4 nitrogen and oxygen atoms in total. The summed E-state index contributed by atoms with van der Waals surface area (Å²) in [6.07, 6.45) is 5.64. The van der Waals surface area contributed by atoms with Crippen molar-refractivity contribution in [3.05, 3.63) is 17.5 Å². The number of aromatic nitrogens is 2. The minimum absolute atomic E-state index is 0.565. The van der Waals surface area contributed by atoms with E-state index < -0.39 is 0 Å². The van der Waals surface area contributed by atoms with Gasteiger partial charge in [-0.05, 0) is 45.8 Å². The quantitative estimate of drug-likeness (QED) is 0.715. The van der Waals surface area contributed by atoms with Crippen LogP contribution >= 0.6 is 0 Å². The van der Waals surface area contributed by atoms with Crippen LogP contribution in [-0.2, 0) is 20.0 Å². The van der Waals surface area contributed by atoms with Gasteiger partial charge in [-0.3, -0.25) is 4.68 Å². The van der Waals surface area contributed by atoms with Crippen molar-refractivity contribution in [2.75, 3.05) is 19.6 Å². The van der Waals surface area contributed by atoms with E-state index in [4.69, 9.17) is 0 Å². The first kappa shape index (κ1) is 17.2. The van der Waals surface area contributed by atoms with Crippen molar-refractivity contribution < 1.29 is 0 Å². The number of hydrogen-bond donors (Lipinski definition) is 1. The third-order valence-corrected chi connectivity index (χ3v) is 3.97. The SMILES string of the molecule is CCc1nn(C)cc1CNC(C)CCCN(CC)CC. The second kappa shape index (κ2) is 9.14. The predicted octanol–water partition coefficient (Wildman–Crippen LogP) is 2.58. The fraction of sp³-hybridized carbons (Fsp3) is 0.812. The topological polar surface area (TPSA) is 33.1 Å². The lowest BCUT2D eigenvalue weighted by molar-refractivity contribution is 0.290. The maximum Gasteiger partial charge on any atom is 0.0666 e. The summed E-state index contributed by atoms with van der Waals surface area (Å²) in [5, 5.41) is 8.11. The first-order valence-electron chi connectivity index (χ1n) is 8.07. The highest BCUT2D eigenvalue weighted by molar-refractivity contribution is 5.16. The Bertz CT molecular complexity index is 369. The molecule has 0 aromatic carbocycles. The Morgan fingerprint density at radius 3 is 2.60 bits per heavy atom. The molecule has 116 valence electrons. The van der Waals surface area contributed by atoms with Crippen LogP contribution in [0.4, 0.5) is 0 Å². The first-order valence-corrected chi connectivity index (χ1v) is 8.07. The van der Waals surface area contributed by atoms with Crippen LogP contribution in [0.15, 0.2) is 6.20 Å². The summed E-state index contributed by atoms with van der Waals surface area (Å²) in [5.74, 6) is 0. The van der Waals surface area contributed by atoms with Gasteiger partial charge in [-0.2, -0.15) is 5.10 Å². The average Bonchev–Trinajstić information content (AvgIpc) is 2.81. The summed E-state index contributed by atoms with van der Waals surface area (Å²) in [4.78, 5) is 2.49. The van der Waals surface area contributed by atoms with E-state index in [1.54, 1.807) is 0 Å². The Hall–Kier alpha value is -0.870. The van der Waals surface area contributed by atoms with Crippen LogP contribution < -0.4 is 5.32 Å². The highest BCUT2D eigenvalue weighted by Gasteiger charge is 2.08. The number of nitrogens with zero attached hydrogens (tertiary/aromatic N) is 3. The molecule has 0 aliphatic heterocycles. The summed E-state index contributed by atoms with van der Waals surface area (Å²) in [6.45, 7) is 13.4. The van der Waals surface area contributed by atoms with E-state index in [0.29, 0.717) is 6.04 Å². The van der Waals surface area contributed by atoms with Crippen LogP contribution in [0, 0.1) is 0 Å². The molecule has 1 aromatic heterocycles. The first-order chi connectivity index (χ1) is 9.60. The molecule has 1 N–H and O–H groups in total. The summed E-state index contributed by atoms with van der Waals surface area (Å²) in [6, 6.07) is 0.565. The predicted molar refractivity (Wildman–Crippen MR) is 85.9 cm³/mol. The maximum absolute atomic E-state index is 4.48. The van der Waals surface area contributed by atoms with Crippen LogP contribution in [0.1, 0.15) is 51.8 Å². The number of aryl methyl sites for hydroxylation is 2. The minimum atomic E-state index is 0.565. The van der Waals surface area contributed by atoms with Crippen LogP contribution in [-0.4, -0.2) is 40.4 Å². The Morgan fingerprint density at radius 2 is 2.00 bits per heavy atom. The molecule has 4 heteroatoms. The zero-order valence-electron chi connectivity index (χ0n) is 13.9. The molecule has 0 bridgehead atoms. The van der Waals surface area contributed by atoms with Gasteiger partial charge in [0.05, 0.1) is 5.69 Å². The molecule has 0 aliphatic rings. The molecule has 0 amide bonds. The molecule has 1 aromatic rings. The Kier molecular flexibility index (Phi) is 7.85. The van der Waals surface area contributed by atoms with E-state index >= 15 is 0 Å². The minimum Gasteiger partial charge on any atom is -0.310 e. The Balaban J connectivity index is 2.27. The van der Waals surface area contributed by atoms with Crippen molar-refractivity contribution >= 4 is 0 Å². The van der Waals surface area contributed by atoms with Gasteiger partial charge < -0.3 is 10.2 Å². The van der Waals surface area contributed by atoms with Crippen LogP contribution in [0.2, 0.25) is 0 Å². The maximum atomic E-state index is 4.48. The summed E-state index contributed by atoms with van der Waals surface area (Å²) < 4.78 is 1.92. The zero-order chi connectivity index (χ0) is 15.0. The molecule has 20 heavy (non-hydrogen) atoms. The van der Waals surface area contributed by atoms with Gasteiger partial charge >= 0.3 is 0 Å². The lowest BCUT2D eigenvalue weighted by atomic mass is 10.1. The summed E-state index contributed by atoms with van der Waals surface area (Å²) >= 11 is 0. The molecule has 0 fully saturated rings. The van der Waals surface area contributed by atoms with Gasteiger partial charge in [0.15, 0.2) is 0 Å². The third-order valence-electron chi connectivity index (χ3n) is 3.97. The largest absolute Gasteiger partial charge is 0.310 e. The highest BCUT2D eigenvalue weighted by atomic mass is 15.3. The monoisotopic (exact) mass is 280 g/mol. The Labute approximate surface area is 124 Å². The van der Waals surface area contributed by atoms with Gasteiger partial charge in [-0.25, -0.2) is 0 Å². The normalized spacial score (nSPS) is 13.1. The molecule has 1 unspecified atom stereocenters. The summed E-state index contributed by atoms with van der Waals surface area (Å²) in [5.41, 5.74) is 2.56. The molecule has 0 aliphatic carbocycles. The van der Waals surface area contributed by atoms with Crippen LogP contribution in [0.25, 0.3) is 0 Å². The van der Waals surface area contributed by atoms with Crippen LogP contribution in [0.5, 0.6) is 0 Å². The average molecular weight is 280 g/mol. The molecule has 0 spiro atoms. The van der Waals surface area contributed by atoms with Crippen molar-refractivity contribution in [2.24, 2.45) is 7.05 Å². The standard InChI is InChI=1S/C16H32N4/c1-6-16-15(13-19(5)18-16)12-17-14(4)10-9-11-20(7-2)8-3/h13-14,17H,6-12H2,1-5H3. The van der Waals surface area contributed by atoms with E-state index in [0.717, 1.165) is 26.1 Å². The van der Waals surface area contributed by atoms with E-state index in [9.17, 15) is 0 Å². The molecule has 1 atom stereocenters. The lowest BCUT2D eigenvalue weighted by Crippen LogP contribution is -2.29. The lowest BCUT2D eigenvalue weighted by Gasteiger charge is -2.19. The fourth-order valence-corrected chi connectivity index (χ4v) is 2.58. The van der Waals surface area contributed by atoms with Crippen molar-refractivity contribution in [3.8, 4) is 0 Å². The molecular formula is C16H32N4. The van der Waals surface area contributed by atoms with Gasteiger partial charge in [-0.1, -0.05) is 20.8 Å². The molecule has 1 heterocycles. The molecule has 0 saturated carbocycles. The second-order valence-corrected chi connectivity index (χ2v) is 5.58. The van der Waals surface area contributed by atoms with Crippen molar-refractivity contribution in [1.82, 2.24) is 20.0 Å². The number of rotatable bonds is 10. The second-order valence-electron chi connectivity index (χ2n) is 5.58. The molecule has 1 rings (SSSR count). The van der Waals surface area contributed by atoms with Crippen LogP contribution in [0.3, 0.4) is 0 Å². The van der Waals surface area contributed by atoms with Crippen molar-refractivity contribution in [1.29, 1.82) is 0 Å². The Morgan fingerprint density at radius 1 is 1.30 bits per heavy atom. The molecule has 0 saturated heterocycles. The van der Waals surface area contributed by atoms with Gasteiger partial charge in [0, 0.05) is 31.4 Å². The van der Waals surface area contributed by atoms with Crippen molar-refractivity contribution in [3.63, 3.8) is 0 Å². The zero-order valence-corrected chi connectivity index (χ0v) is 13.9. The van der Waals surface area contributed by atoms with E-state index in [2.05, 4.69) is 49.2 Å².